The van der Waals surface area contributed by atoms with Gasteiger partial charge in [0.2, 0.25) is 5.91 Å². The van der Waals surface area contributed by atoms with Crippen molar-refractivity contribution in [2.45, 2.75) is 19.5 Å². The first-order valence-corrected chi connectivity index (χ1v) is 10.4. The molecular weight excluding hydrogens is 405 g/mol. The van der Waals surface area contributed by atoms with Gasteiger partial charge in [-0.1, -0.05) is 60.7 Å². The Kier molecular flexibility index (Phi) is 8.15. The van der Waals surface area contributed by atoms with Crippen LogP contribution in [-0.4, -0.2) is 18.5 Å². The van der Waals surface area contributed by atoms with Gasteiger partial charge in [0.25, 0.3) is 0 Å². The Morgan fingerprint density at radius 3 is 2.31 bits per heavy atom. The summed E-state index contributed by atoms with van der Waals surface area (Å²) in [6, 6.07) is 22.7. The molecule has 0 radical (unpaired) electrons. The molecule has 0 atom stereocenters. The Balaban J connectivity index is 1.72. The zero-order valence-electron chi connectivity index (χ0n) is 17.8. The second kappa shape index (κ2) is 11.5. The number of nitrogens with one attached hydrogen (secondary N) is 2. The van der Waals surface area contributed by atoms with Crippen LogP contribution in [0.4, 0.5) is 14.9 Å². The molecule has 0 bridgehead atoms. The number of carbonyl (C=O) groups excluding carboxylic acids is 2. The number of hydrogen-bond donors (Lipinski definition) is 2. The van der Waals surface area contributed by atoms with Crippen molar-refractivity contribution in [3.05, 3.63) is 114 Å². The van der Waals surface area contributed by atoms with E-state index >= 15 is 0 Å². The summed E-state index contributed by atoms with van der Waals surface area (Å²) in [5.74, 6) is -0.438. The number of hydrogen-bond acceptors (Lipinski definition) is 2. The molecular formula is C26H26FN3O2. The molecule has 0 aliphatic rings. The van der Waals surface area contributed by atoms with Gasteiger partial charge in [0.15, 0.2) is 0 Å². The zero-order valence-corrected chi connectivity index (χ0v) is 17.8. The molecule has 3 aromatic carbocycles. The minimum atomic E-state index is -0.333. The van der Waals surface area contributed by atoms with Gasteiger partial charge in [-0.15, -0.1) is 6.58 Å². The van der Waals surface area contributed by atoms with Crippen molar-refractivity contribution in [3.8, 4) is 0 Å². The Bertz CT molecular complexity index is 1050. The van der Waals surface area contributed by atoms with Crippen molar-refractivity contribution in [1.29, 1.82) is 0 Å². The molecule has 0 spiro atoms. The predicted molar refractivity (Wildman–Crippen MR) is 125 cm³/mol. The largest absolute Gasteiger partial charge is 0.352 e. The number of anilines is 1. The summed E-state index contributed by atoms with van der Waals surface area (Å²) in [5, 5.41) is 5.69. The van der Waals surface area contributed by atoms with Gasteiger partial charge in [-0.2, -0.15) is 0 Å². The summed E-state index contributed by atoms with van der Waals surface area (Å²) in [6.45, 7) is 4.66. The van der Waals surface area contributed by atoms with Crippen molar-refractivity contribution in [3.63, 3.8) is 0 Å². The third kappa shape index (κ3) is 6.80. The van der Waals surface area contributed by atoms with Crippen molar-refractivity contribution in [2.24, 2.45) is 0 Å². The minimum Gasteiger partial charge on any atom is -0.352 e. The van der Waals surface area contributed by atoms with E-state index < -0.39 is 0 Å². The molecule has 164 valence electrons. The molecule has 0 aromatic heterocycles. The van der Waals surface area contributed by atoms with E-state index in [1.807, 2.05) is 54.6 Å². The molecule has 0 heterocycles. The molecule has 5 nitrogen and oxygen atoms in total. The average Bonchev–Trinajstić information content (AvgIpc) is 2.81. The van der Waals surface area contributed by atoms with Crippen molar-refractivity contribution >= 4 is 17.6 Å². The van der Waals surface area contributed by atoms with Crippen LogP contribution in [0.1, 0.15) is 16.7 Å². The van der Waals surface area contributed by atoms with Crippen LogP contribution in [0.3, 0.4) is 0 Å². The molecule has 0 fully saturated rings. The molecule has 3 aromatic rings. The van der Waals surface area contributed by atoms with Crippen LogP contribution in [0.25, 0.3) is 0 Å². The molecule has 2 N–H and O–H groups in total. The lowest BCUT2D eigenvalue weighted by atomic mass is 10.1. The summed E-state index contributed by atoms with van der Waals surface area (Å²) in [5.41, 5.74) is 3.24. The second-order valence-electron chi connectivity index (χ2n) is 7.30. The SMILES string of the molecule is C=CCNC(=O)N(Cc1ccc(F)cc1)c1cccc(CC(=O)NCc2ccccc2)c1. The minimum absolute atomic E-state index is 0.104. The van der Waals surface area contributed by atoms with Gasteiger partial charge < -0.3 is 10.6 Å². The normalized spacial score (nSPS) is 10.3. The van der Waals surface area contributed by atoms with Crippen LogP contribution in [0.15, 0.2) is 91.5 Å². The van der Waals surface area contributed by atoms with E-state index in [1.165, 1.54) is 12.1 Å². The van der Waals surface area contributed by atoms with Gasteiger partial charge in [-0.25, -0.2) is 9.18 Å². The summed E-state index contributed by atoms with van der Waals surface area (Å²) in [7, 11) is 0. The van der Waals surface area contributed by atoms with E-state index in [2.05, 4.69) is 17.2 Å². The molecule has 0 aliphatic carbocycles. The van der Waals surface area contributed by atoms with Crippen LogP contribution in [0, 0.1) is 5.82 Å². The molecule has 0 unspecified atom stereocenters. The smallest absolute Gasteiger partial charge is 0.322 e. The number of halogens is 1. The van der Waals surface area contributed by atoms with Crippen LogP contribution < -0.4 is 15.5 Å². The number of nitrogens with zero attached hydrogens (tertiary/aromatic N) is 1. The maximum absolute atomic E-state index is 13.3. The van der Waals surface area contributed by atoms with E-state index in [1.54, 1.807) is 23.1 Å². The van der Waals surface area contributed by atoms with Gasteiger partial charge in [-0.05, 0) is 41.0 Å². The Morgan fingerprint density at radius 2 is 1.59 bits per heavy atom. The molecule has 0 aliphatic heterocycles. The highest BCUT2D eigenvalue weighted by atomic mass is 19.1. The first kappa shape index (κ1) is 22.7. The number of benzene rings is 3. The highest BCUT2D eigenvalue weighted by molar-refractivity contribution is 5.92. The first-order valence-electron chi connectivity index (χ1n) is 10.4. The van der Waals surface area contributed by atoms with Gasteiger partial charge in [0, 0.05) is 18.8 Å². The Hall–Kier alpha value is -3.93. The van der Waals surface area contributed by atoms with E-state index in [-0.39, 0.29) is 30.7 Å². The maximum Gasteiger partial charge on any atom is 0.322 e. The van der Waals surface area contributed by atoms with E-state index in [4.69, 9.17) is 0 Å². The topological polar surface area (TPSA) is 61.4 Å². The fourth-order valence-corrected chi connectivity index (χ4v) is 3.19. The van der Waals surface area contributed by atoms with Crippen molar-refractivity contribution in [2.75, 3.05) is 11.4 Å². The fourth-order valence-electron chi connectivity index (χ4n) is 3.19. The van der Waals surface area contributed by atoms with Crippen LogP contribution in [0.5, 0.6) is 0 Å². The van der Waals surface area contributed by atoms with Crippen LogP contribution >= 0.6 is 0 Å². The number of carbonyl (C=O) groups is 2. The summed E-state index contributed by atoms with van der Waals surface area (Å²) in [6.07, 6.45) is 1.79. The van der Waals surface area contributed by atoms with Crippen molar-refractivity contribution in [1.82, 2.24) is 10.6 Å². The van der Waals surface area contributed by atoms with Crippen LogP contribution in [0.2, 0.25) is 0 Å². The highest BCUT2D eigenvalue weighted by Gasteiger charge is 2.17. The first-order chi connectivity index (χ1) is 15.5. The maximum atomic E-state index is 13.3. The quantitative estimate of drug-likeness (QED) is 0.487. The van der Waals surface area contributed by atoms with Gasteiger partial charge in [-0.3, -0.25) is 9.69 Å². The lowest BCUT2D eigenvalue weighted by molar-refractivity contribution is -0.120. The summed E-state index contributed by atoms with van der Waals surface area (Å²) < 4.78 is 13.3. The van der Waals surface area contributed by atoms with Crippen molar-refractivity contribution < 1.29 is 14.0 Å². The average molecular weight is 432 g/mol. The molecule has 0 saturated carbocycles. The monoisotopic (exact) mass is 431 g/mol. The Morgan fingerprint density at radius 1 is 0.875 bits per heavy atom. The Labute approximate surface area is 187 Å². The molecule has 3 rings (SSSR count). The summed E-state index contributed by atoms with van der Waals surface area (Å²) >= 11 is 0. The summed E-state index contributed by atoms with van der Waals surface area (Å²) in [4.78, 5) is 26.8. The lowest BCUT2D eigenvalue weighted by Gasteiger charge is -2.24. The second-order valence-corrected chi connectivity index (χ2v) is 7.30. The number of rotatable bonds is 9. The lowest BCUT2D eigenvalue weighted by Crippen LogP contribution is -2.39. The highest BCUT2D eigenvalue weighted by Crippen LogP contribution is 2.20. The van der Waals surface area contributed by atoms with Gasteiger partial charge >= 0.3 is 6.03 Å². The molecule has 32 heavy (non-hydrogen) atoms. The van der Waals surface area contributed by atoms with E-state index in [0.717, 1.165) is 16.7 Å². The van der Waals surface area contributed by atoms with E-state index in [9.17, 15) is 14.0 Å². The third-order valence-corrected chi connectivity index (χ3v) is 4.82. The zero-order chi connectivity index (χ0) is 22.8. The van der Waals surface area contributed by atoms with Crippen LogP contribution in [-0.2, 0) is 24.3 Å². The van der Waals surface area contributed by atoms with E-state index in [0.29, 0.717) is 18.8 Å². The molecule has 3 amide bonds. The van der Waals surface area contributed by atoms with Gasteiger partial charge in [0.05, 0.1) is 13.0 Å². The third-order valence-electron chi connectivity index (χ3n) is 4.82. The number of amides is 3. The predicted octanol–water partition coefficient (Wildman–Crippen LogP) is 4.59. The standard InChI is InChI=1S/C26H26FN3O2/c1-2-15-28-26(32)30(19-21-11-13-23(27)14-12-21)24-10-6-9-22(16-24)17-25(31)29-18-20-7-4-3-5-8-20/h2-14,16H,1,15,17-19H2,(H,28,32)(H,29,31). The molecule has 6 heteroatoms. The number of urea groups is 1. The van der Waals surface area contributed by atoms with Gasteiger partial charge in [0.1, 0.15) is 5.82 Å². The fraction of sp³-hybridized carbons (Fsp3) is 0.154. The molecule has 0 saturated heterocycles.